The fraction of sp³-hybridized carbons (Fsp3) is 0.214. The molecule has 0 amide bonds. The van der Waals surface area contributed by atoms with Gasteiger partial charge in [-0.3, -0.25) is 0 Å². The number of fused-ring (bicyclic) bond motifs is 1. The quantitative estimate of drug-likeness (QED) is 0.382. The van der Waals surface area contributed by atoms with Gasteiger partial charge in [0.05, 0.1) is 5.69 Å². The Hall–Kier alpha value is -2.83. The Morgan fingerprint density at radius 1 is 0.677 bits per heavy atom. The first-order chi connectivity index (χ1) is 15.1. The minimum absolute atomic E-state index is 0.416. The number of benzene rings is 4. The minimum atomic E-state index is -3.07. The highest BCUT2D eigenvalue weighted by atomic mass is 31.2. The van der Waals surface area contributed by atoms with Crippen LogP contribution in [0.15, 0.2) is 97.1 Å². The van der Waals surface area contributed by atoms with E-state index in [2.05, 4.69) is 55.1 Å². The maximum Gasteiger partial charge on any atom is 0.173 e. The Labute approximate surface area is 184 Å². The maximum atomic E-state index is 15.2. The Kier molecular flexibility index (Phi) is 5.20. The van der Waals surface area contributed by atoms with Crippen LogP contribution in [-0.4, -0.2) is 12.1 Å². The van der Waals surface area contributed by atoms with E-state index in [0.29, 0.717) is 12.1 Å². The summed E-state index contributed by atoms with van der Waals surface area (Å²) in [4.78, 5) is 2.52. The molecule has 0 N–H and O–H groups in total. The van der Waals surface area contributed by atoms with Gasteiger partial charge in [0.1, 0.15) is 0 Å². The van der Waals surface area contributed by atoms with Crippen LogP contribution >= 0.6 is 7.14 Å². The van der Waals surface area contributed by atoms with Crippen molar-refractivity contribution in [1.82, 2.24) is 0 Å². The van der Waals surface area contributed by atoms with Gasteiger partial charge in [-0.2, -0.15) is 0 Å². The van der Waals surface area contributed by atoms with Crippen LogP contribution in [-0.2, 0) is 4.57 Å². The first-order valence-corrected chi connectivity index (χ1v) is 12.8. The molecule has 0 aliphatic carbocycles. The first kappa shape index (κ1) is 20.1. The molecule has 0 bridgehead atoms. The summed E-state index contributed by atoms with van der Waals surface area (Å²) < 4.78 is 15.2. The van der Waals surface area contributed by atoms with Crippen LogP contribution in [0.1, 0.15) is 26.7 Å². The average molecular weight is 426 g/mol. The third-order valence-corrected chi connectivity index (χ3v) is 9.76. The van der Waals surface area contributed by atoms with Gasteiger partial charge in [0.2, 0.25) is 0 Å². The van der Waals surface area contributed by atoms with E-state index in [1.54, 1.807) is 0 Å². The van der Waals surface area contributed by atoms with Gasteiger partial charge < -0.3 is 9.46 Å². The summed E-state index contributed by atoms with van der Waals surface area (Å²) in [7, 11) is -3.07. The minimum Gasteiger partial charge on any atom is -0.365 e. The molecule has 1 saturated heterocycles. The van der Waals surface area contributed by atoms with E-state index < -0.39 is 7.14 Å². The van der Waals surface area contributed by atoms with Crippen molar-refractivity contribution in [3.8, 4) is 0 Å². The molecule has 2 nitrogen and oxygen atoms in total. The maximum absolute atomic E-state index is 15.2. The zero-order chi connectivity index (χ0) is 21.4. The lowest BCUT2D eigenvalue weighted by Gasteiger charge is -2.34. The van der Waals surface area contributed by atoms with Crippen LogP contribution in [0, 0.1) is 0 Å². The molecule has 0 radical (unpaired) electrons. The van der Waals surface area contributed by atoms with Crippen molar-refractivity contribution in [3.63, 3.8) is 0 Å². The highest BCUT2D eigenvalue weighted by molar-refractivity contribution is 7.85. The van der Waals surface area contributed by atoms with Crippen molar-refractivity contribution in [3.05, 3.63) is 97.1 Å². The molecule has 0 spiro atoms. The Morgan fingerprint density at radius 2 is 1.19 bits per heavy atom. The SMILES string of the molecule is C[C@@H]1CC[C@@H](C)N1c1c(P(=O)(c2ccccc2)c2ccccc2)ccc2ccccc12. The van der Waals surface area contributed by atoms with Gasteiger partial charge in [-0.1, -0.05) is 91.0 Å². The van der Waals surface area contributed by atoms with E-state index >= 15 is 4.57 Å². The third kappa shape index (κ3) is 3.30. The van der Waals surface area contributed by atoms with Crippen molar-refractivity contribution < 1.29 is 4.57 Å². The van der Waals surface area contributed by atoms with Gasteiger partial charge >= 0.3 is 0 Å². The Balaban J connectivity index is 1.88. The predicted octanol–water partition coefficient (Wildman–Crippen LogP) is 5.86. The number of rotatable bonds is 4. The van der Waals surface area contributed by atoms with Crippen molar-refractivity contribution in [2.45, 2.75) is 38.8 Å². The number of hydrogen-bond acceptors (Lipinski definition) is 2. The molecule has 1 fully saturated rings. The van der Waals surface area contributed by atoms with E-state index in [1.165, 1.54) is 10.8 Å². The van der Waals surface area contributed by atoms with Gasteiger partial charge in [0.25, 0.3) is 0 Å². The highest BCUT2D eigenvalue weighted by Crippen LogP contribution is 2.48. The summed E-state index contributed by atoms with van der Waals surface area (Å²) in [5.74, 6) is 0. The molecule has 4 aromatic rings. The van der Waals surface area contributed by atoms with Gasteiger partial charge in [0, 0.05) is 33.4 Å². The molecule has 1 aliphatic heterocycles. The smallest absolute Gasteiger partial charge is 0.173 e. The van der Waals surface area contributed by atoms with E-state index in [1.807, 2.05) is 60.7 Å². The number of hydrogen-bond donors (Lipinski definition) is 0. The van der Waals surface area contributed by atoms with Gasteiger partial charge in [0.15, 0.2) is 7.14 Å². The second kappa shape index (κ2) is 8.02. The Morgan fingerprint density at radius 3 is 1.77 bits per heavy atom. The molecule has 156 valence electrons. The van der Waals surface area contributed by atoms with Crippen LogP contribution in [0.2, 0.25) is 0 Å². The van der Waals surface area contributed by atoms with Crippen LogP contribution in [0.5, 0.6) is 0 Å². The fourth-order valence-electron chi connectivity index (χ4n) is 5.11. The van der Waals surface area contributed by atoms with E-state index in [0.717, 1.165) is 34.4 Å². The lowest BCUT2D eigenvalue weighted by Crippen LogP contribution is -2.38. The summed E-state index contributed by atoms with van der Waals surface area (Å²) in [6.45, 7) is 4.59. The van der Waals surface area contributed by atoms with Crippen molar-refractivity contribution in [2.75, 3.05) is 4.90 Å². The van der Waals surface area contributed by atoms with Crippen LogP contribution < -0.4 is 20.8 Å². The molecule has 1 heterocycles. The van der Waals surface area contributed by atoms with Crippen LogP contribution in [0.25, 0.3) is 10.8 Å². The molecule has 31 heavy (non-hydrogen) atoms. The zero-order valence-electron chi connectivity index (χ0n) is 18.1. The normalized spacial score (nSPS) is 19.1. The Bertz CT molecular complexity index is 1200. The second-order valence-corrected chi connectivity index (χ2v) is 11.4. The van der Waals surface area contributed by atoms with Gasteiger partial charge in [-0.15, -0.1) is 0 Å². The predicted molar refractivity (Wildman–Crippen MR) is 134 cm³/mol. The molecule has 0 saturated carbocycles. The van der Waals surface area contributed by atoms with E-state index in [-0.39, 0.29) is 0 Å². The molecule has 3 heteroatoms. The first-order valence-electron chi connectivity index (χ1n) is 11.1. The second-order valence-electron chi connectivity index (χ2n) is 8.62. The zero-order valence-corrected chi connectivity index (χ0v) is 19.0. The van der Waals surface area contributed by atoms with Crippen LogP contribution in [0.4, 0.5) is 5.69 Å². The molecule has 5 rings (SSSR count). The van der Waals surface area contributed by atoms with E-state index in [4.69, 9.17) is 0 Å². The number of anilines is 1. The van der Waals surface area contributed by atoms with Crippen LogP contribution in [0.3, 0.4) is 0 Å². The summed E-state index contributed by atoms with van der Waals surface area (Å²) in [5, 5.41) is 5.10. The van der Waals surface area contributed by atoms with Gasteiger partial charge in [-0.05, 0) is 38.1 Å². The largest absolute Gasteiger partial charge is 0.365 e. The van der Waals surface area contributed by atoms with Crippen molar-refractivity contribution in [2.24, 2.45) is 0 Å². The summed E-state index contributed by atoms with van der Waals surface area (Å²) in [6.07, 6.45) is 2.32. The molecule has 0 unspecified atom stereocenters. The summed E-state index contributed by atoms with van der Waals surface area (Å²) in [6, 6.07) is 33.6. The number of nitrogens with zero attached hydrogens (tertiary/aromatic N) is 1. The highest BCUT2D eigenvalue weighted by Gasteiger charge is 2.37. The lowest BCUT2D eigenvalue weighted by molar-refractivity contribution is 0.592. The molecular weight excluding hydrogens is 397 g/mol. The van der Waals surface area contributed by atoms with Crippen molar-refractivity contribution in [1.29, 1.82) is 0 Å². The molecular formula is C28H28NOP. The average Bonchev–Trinajstić information content (AvgIpc) is 3.16. The molecule has 1 aliphatic rings. The third-order valence-electron chi connectivity index (χ3n) is 6.67. The monoisotopic (exact) mass is 425 g/mol. The molecule has 2 atom stereocenters. The topological polar surface area (TPSA) is 20.3 Å². The van der Waals surface area contributed by atoms with E-state index in [9.17, 15) is 0 Å². The summed E-state index contributed by atoms with van der Waals surface area (Å²) >= 11 is 0. The fourth-order valence-corrected chi connectivity index (χ4v) is 7.97. The molecule has 4 aromatic carbocycles. The summed E-state index contributed by atoms with van der Waals surface area (Å²) in [5.41, 5.74) is 1.15. The van der Waals surface area contributed by atoms with Crippen molar-refractivity contribution >= 4 is 39.5 Å². The molecule has 0 aromatic heterocycles. The lowest BCUT2D eigenvalue weighted by atomic mass is 10.1. The van der Waals surface area contributed by atoms with Gasteiger partial charge in [-0.25, -0.2) is 0 Å². The standard InChI is InChI=1S/C28H28NOP/c1-21-17-18-22(2)29(21)28-26-16-10-9-11-23(26)19-20-27(28)31(30,24-12-5-3-6-13-24)25-14-7-4-8-15-25/h3-16,19-22H,17-18H2,1-2H3/t21-,22-/m1/s1.